The average molecular weight is 455 g/mol. The van der Waals surface area contributed by atoms with Crippen LogP contribution in [0.1, 0.15) is 38.9 Å². The van der Waals surface area contributed by atoms with Crippen LogP contribution in [0.4, 0.5) is 0 Å². The lowest BCUT2D eigenvalue weighted by Crippen LogP contribution is -2.35. The summed E-state index contributed by atoms with van der Waals surface area (Å²) in [4.78, 5) is 30.5. The first-order chi connectivity index (χ1) is 13.8. The van der Waals surface area contributed by atoms with Crippen molar-refractivity contribution in [3.05, 3.63) is 79.1 Å². The molecule has 3 aromatic rings. The van der Waals surface area contributed by atoms with Crippen LogP contribution in [0.3, 0.4) is 0 Å². The Morgan fingerprint density at radius 1 is 1.07 bits per heavy atom. The van der Waals surface area contributed by atoms with Crippen LogP contribution in [0.15, 0.2) is 50.1 Å². The number of likely N-dealkylation sites (N-methyl/N-ethyl adjacent to an activating group) is 1. The maximum absolute atomic E-state index is 13.5. The van der Waals surface area contributed by atoms with Crippen LogP contribution in [0.2, 0.25) is 0 Å². The van der Waals surface area contributed by atoms with Gasteiger partial charge in [-0.2, -0.15) is 0 Å². The highest BCUT2D eigenvalue weighted by atomic mass is 79.9. The Morgan fingerprint density at radius 3 is 2.38 bits per heavy atom. The van der Waals surface area contributed by atoms with Gasteiger partial charge in [-0.05, 0) is 68.9 Å². The van der Waals surface area contributed by atoms with Gasteiger partial charge in [0.25, 0.3) is 5.91 Å². The smallest absolute Gasteiger partial charge is 0.290 e. The molecule has 1 aromatic heterocycles. The zero-order valence-electron chi connectivity index (χ0n) is 17.0. The summed E-state index contributed by atoms with van der Waals surface area (Å²) in [5, 5.41) is 0.524. The molecular formula is C23H23BrN2O3. The number of hydrogen-bond donors (Lipinski definition) is 0. The van der Waals surface area contributed by atoms with Gasteiger partial charge in [0, 0.05) is 17.6 Å². The summed E-state index contributed by atoms with van der Waals surface area (Å²) in [5.41, 5.74) is 3.73. The summed E-state index contributed by atoms with van der Waals surface area (Å²) < 4.78 is 6.98. The predicted molar refractivity (Wildman–Crippen MR) is 118 cm³/mol. The lowest BCUT2D eigenvalue weighted by atomic mass is 9.97. The van der Waals surface area contributed by atoms with Gasteiger partial charge in [-0.1, -0.05) is 28.1 Å². The van der Waals surface area contributed by atoms with E-state index in [1.54, 1.807) is 4.90 Å². The number of halogens is 1. The standard InChI is InChI=1S/C23H23BrN2O3/c1-13-11-17-18(12-14(13)2)29-22-19(21(17)27)20(15-5-7-16(24)8-6-15)26(23(22)28)10-9-25(3)4/h5-8,11-12,20H,9-10H2,1-4H3. The monoisotopic (exact) mass is 454 g/mol. The highest BCUT2D eigenvalue weighted by Crippen LogP contribution is 2.38. The maximum atomic E-state index is 13.5. The highest BCUT2D eigenvalue weighted by Gasteiger charge is 2.42. The van der Waals surface area contributed by atoms with E-state index in [0.717, 1.165) is 21.2 Å². The number of hydrogen-bond acceptors (Lipinski definition) is 4. The molecule has 150 valence electrons. The van der Waals surface area contributed by atoms with Gasteiger partial charge >= 0.3 is 0 Å². The molecule has 5 nitrogen and oxygen atoms in total. The molecule has 0 aliphatic carbocycles. The van der Waals surface area contributed by atoms with E-state index in [-0.39, 0.29) is 17.1 Å². The van der Waals surface area contributed by atoms with Gasteiger partial charge in [0.2, 0.25) is 5.76 Å². The Morgan fingerprint density at radius 2 is 1.72 bits per heavy atom. The van der Waals surface area contributed by atoms with Crippen molar-refractivity contribution < 1.29 is 9.21 Å². The van der Waals surface area contributed by atoms with Crippen molar-refractivity contribution in [3.8, 4) is 0 Å². The first kappa shape index (κ1) is 19.9. The number of carbonyl (C=O) groups excluding carboxylic acids is 1. The Bertz CT molecular complexity index is 1170. The first-order valence-electron chi connectivity index (χ1n) is 9.57. The third-order valence-electron chi connectivity index (χ3n) is 5.56. The van der Waals surface area contributed by atoms with E-state index in [1.165, 1.54) is 0 Å². The van der Waals surface area contributed by atoms with Crippen molar-refractivity contribution >= 4 is 32.8 Å². The fourth-order valence-corrected chi connectivity index (χ4v) is 4.07. The van der Waals surface area contributed by atoms with Crippen LogP contribution in [0.5, 0.6) is 0 Å². The van der Waals surface area contributed by atoms with Crippen LogP contribution in [-0.2, 0) is 0 Å². The van der Waals surface area contributed by atoms with Gasteiger partial charge < -0.3 is 14.2 Å². The zero-order valence-corrected chi connectivity index (χ0v) is 18.5. The van der Waals surface area contributed by atoms with Crippen LogP contribution in [0.25, 0.3) is 11.0 Å². The third-order valence-corrected chi connectivity index (χ3v) is 6.08. The fraction of sp³-hybridized carbons (Fsp3) is 0.304. The number of fused-ring (bicyclic) bond motifs is 2. The van der Waals surface area contributed by atoms with E-state index in [4.69, 9.17) is 4.42 Å². The van der Waals surface area contributed by atoms with E-state index < -0.39 is 6.04 Å². The van der Waals surface area contributed by atoms with Gasteiger partial charge in [0.1, 0.15) is 5.58 Å². The number of nitrogens with zero attached hydrogens (tertiary/aromatic N) is 2. The van der Waals surface area contributed by atoms with Crippen LogP contribution in [-0.4, -0.2) is 42.9 Å². The minimum absolute atomic E-state index is 0.127. The molecule has 1 amide bonds. The quantitative estimate of drug-likeness (QED) is 0.590. The molecule has 0 bridgehead atoms. The maximum Gasteiger partial charge on any atom is 0.290 e. The number of amides is 1. The molecule has 0 N–H and O–H groups in total. The second kappa shape index (κ2) is 7.43. The van der Waals surface area contributed by atoms with Crippen molar-refractivity contribution in [3.63, 3.8) is 0 Å². The average Bonchev–Trinajstić information content (AvgIpc) is 2.95. The molecule has 0 saturated heterocycles. The van der Waals surface area contributed by atoms with E-state index in [0.29, 0.717) is 29.6 Å². The first-order valence-corrected chi connectivity index (χ1v) is 10.4. The lowest BCUT2D eigenvalue weighted by Gasteiger charge is -2.26. The molecule has 1 aliphatic heterocycles. The molecule has 1 atom stereocenters. The van der Waals surface area contributed by atoms with Gasteiger partial charge in [-0.25, -0.2) is 0 Å². The van der Waals surface area contributed by atoms with Crippen molar-refractivity contribution in [1.82, 2.24) is 9.80 Å². The van der Waals surface area contributed by atoms with Crippen molar-refractivity contribution in [1.29, 1.82) is 0 Å². The highest BCUT2D eigenvalue weighted by molar-refractivity contribution is 9.10. The normalized spacial score (nSPS) is 16.1. The molecule has 1 aliphatic rings. The molecule has 4 rings (SSSR count). The molecule has 1 unspecified atom stereocenters. The second-order valence-electron chi connectivity index (χ2n) is 7.86. The van der Waals surface area contributed by atoms with Crippen LogP contribution in [0, 0.1) is 13.8 Å². The van der Waals surface area contributed by atoms with Crippen LogP contribution < -0.4 is 5.43 Å². The molecule has 0 fully saturated rings. The van der Waals surface area contributed by atoms with Crippen molar-refractivity contribution in [2.24, 2.45) is 0 Å². The molecule has 2 aromatic carbocycles. The second-order valence-corrected chi connectivity index (χ2v) is 8.78. The number of carbonyl (C=O) groups is 1. The minimum Gasteiger partial charge on any atom is -0.450 e. The number of benzene rings is 2. The SMILES string of the molecule is Cc1cc2oc3c(c(=O)c2cc1C)C(c1ccc(Br)cc1)N(CCN(C)C)C3=O. The van der Waals surface area contributed by atoms with Crippen molar-refractivity contribution in [2.45, 2.75) is 19.9 Å². The lowest BCUT2D eigenvalue weighted by molar-refractivity contribution is 0.0716. The summed E-state index contributed by atoms with van der Waals surface area (Å²) >= 11 is 3.46. The van der Waals surface area contributed by atoms with Gasteiger partial charge in [-0.15, -0.1) is 0 Å². The van der Waals surface area contributed by atoms with E-state index in [2.05, 4.69) is 15.9 Å². The zero-order chi connectivity index (χ0) is 20.9. The number of aryl methyl sites for hydroxylation is 2. The molecule has 0 radical (unpaired) electrons. The molecule has 0 saturated carbocycles. The predicted octanol–water partition coefficient (Wildman–Crippen LogP) is 4.28. The molecule has 0 spiro atoms. The third kappa shape index (κ3) is 3.40. The molecule has 2 heterocycles. The summed E-state index contributed by atoms with van der Waals surface area (Å²) in [6, 6.07) is 11.0. The van der Waals surface area contributed by atoms with Gasteiger partial charge in [-0.3, -0.25) is 9.59 Å². The summed E-state index contributed by atoms with van der Waals surface area (Å²) in [7, 11) is 3.93. The van der Waals surface area contributed by atoms with Gasteiger partial charge in [0.15, 0.2) is 5.43 Å². The molecule has 6 heteroatoms. The Labute approximate surface area is 178 Å². The summed E-state index contributed by atoms with van der Waals surface area (Å²) in [6.07, 6.45) is 0. The minimum atomic E-state index is -0.451. The van der Waals surface area contributed by atoms with Crippen molar-refractivity contribution in [2.75, 3.05) is 27.2 Å². The number of rotatable bonds is 4. The fourth-order valence-electron chi connectivity index (χ4n) is 3.81. The summed E-state index contributed by atoms with van der Waals surface area (Å²) in [5.74, 6) is -0.0653. The molecular weight excluding hydrogens is 432 g/mol. The summed E-state index contributed by atoms with van der Waals surface area (Å²) in [6.45, 7) is 5.14. The van der Waals surface area contributed by atoms with Gasteiger partial charge in [0.05, 0.1) is 17.0 Å². The largest absolute Gasteiger partial charge is 0.450 e. The Balaban J connectivity index is 1.96. The topological polar surface area (TPSA) is 53.8 Å². The van der Waals surface area contributed by atoms with E-state index in [9.17, 15) is 9.59 Å². The van der Waals surface area contributed by atoms with E-state index in [1.807, 2.05) is 69.2 Å². The van der Waals surface area contributed by atoms with E-state index >= 15 is 0 Å². The van der Waals surface area contributed by atoms with Crippen LogP contribution >= 0.6 is 15.9 Å². The molecule has 29 heavy (non-hydrogen) atoms. The Kier molecular flexibility index (Phi) is 5.09. The Hall–Kier alpha value is -2.44.